The summed E-state index contributed by atoms with van der Waals surface area (Å²) in [5, 5.41) is 0. The second kappa shape index (κ2) is 1.18. The standard InChI is InChI=1S/C4H4F2NO/c5-4(6)1-2(4)3(7)8/h2,7H,1H2. The normalized spacial score (nSPS) is 32.0. The zero-order valence-electron chi connectivity index (χ0n) is 3.95. The van der Waals surface area contributed by atoms with E-state index >= 15 is 0 Å². The van der Waals surface area contributed by atoms with E-state index in [9.17, 15) is 13.6 Å². The van der Waals surface area contributed by atoms with Gasteiger partial charge < -0.3 is 0 Å². The summed E-state index contributed by atoms with van der Waals surface area (Å²) in [5.41, 5.74) is 6.23. The Kier molecular flexibility index (Phi) is 0.808. The summed E-state index contributed by atoms with van der Waals surface area (Å²) >= 11 is 0. The van der Waals surface area contributed by atoms with Gasteiger partial charge in [-0.05, 0) is 0 Å². The molecular weight excluding hydrogens is 116 g/mol. The van der Waals surface area contributed by atoms with E-state index in [4.69, 9.17) is 5.73 Å². The van der Waals surface area contributed by atoms with Crippen molar-refractivity contribution >= 4 is 5.91 Å². The average Bonchev–Trinajstić information content (AvgIpc) is 2.13. The SMILES string of the molecule is [NH]C(=O)C1CC1(F)F. The molecule has 1 radical (unpaired) electrons. The minimum Gasteiger partial charge on any atom is -0.273 e. The largest absolute Gasteiger partial charge is 0.273 e. The third kappa shape index (κ3) is 0.657. The molecule has 1 saturated carbocycles. The Morgan fingerprint density at radius 1 is 1.75 bits per heavy atom. The molecule has 1 aliphatic carbocycles. The van der Waals surface area contributed by atoms with Gasteiger partial charge >= 0.3 is 0 Å². The van der Waals surface area contributed by atoms with Crippen LogP contribution in [0.25, 0.3) is 0 Å². The van der Waals surface area contributed by atoms with Gasteiger partial charge in [0.05, 0.1) is 0 Å². The van der Waals surface area contributed by atoms with Crippen molar-refractivity contribution in [2.75, 3.05) is 0 Å². The highest BCUT2D eigenvalue weighted by Crippen LogP contribution is 2.48. The highest BCUT2D eigenvalue weighted by atomic mass is 19.3. The van der Waals surface area contributed by atoms with Crippen molar-refractivity contribution in [2.45, 2.75) is 12.3 Å². The molecule has 0 bridgehead atoms. The topological polar surface area (TPSA) is 40.9 Å². The first-order valence-corrected chi connectivity index (χ1v) is 2.17. The van der Waals surface area contributed by atoms with E-state index in [-0.39, 0.29) is 0 Å². The molecule has 0 spiro atoms. The molecule has 8 heavy (non-hydrogen) atoms. The lowest BCUT2D eigenvalue weighted by Crippen LogP contribution is -2.06. The molecule has 0 heterocycles. The third-order valence-corrected chi connectivity index (χ3v) is 1.14. The Morgan fingerprint density at radius 3 is 2.12 bits per heavy atom. The van der Waals surface area contributed by atoms with Crippen molar-refractivity contribution in [1.29, 1.82) is 0 Å². The van der Waals surface area contributed by atoms with Crippen LogP contribution in [0.4, 0.5) is 8.78 Å². The van der Waals surface area contributed by atoms with Crippen LogP contribution in [0.15, 0.2) is 0 Å². The average molecular weight is 120 g/mol. The van der Waals surface area contributed by atoms with Crippen LogP contribution in [0.3, 0.4) is 0 Å². The second-order valence-corrected chi connectivity index (χ2v) is 1.88. The van der Waals surface area contributed by atoms with Gasteiger partial charge in [-0.3, -0.25) is 10.5 Å². The highest BCUT2D eigenvalue weighted by molar-refractivity contribution is 5.80. The van der Waals surface area contributed by atoms with Crippen LogP contribution in [0, 0.1) is 5.92 Å². The minimum absolute atomic E-state index is 0.421. The molecular formula is C4H4F2NO. The Balaban J connectivity index is 2.48. The van der Waals surface area contributed by atoms with Gasteiger partial charge in [0, 0.05) is 6.42 Å². The predicted molar refractivity (Wildman–Crippen MR) is 21.2 cm³/mol. The number of amides is 1. The van der Waals surface area contributed by atoms with Gasteiger partial charge in [0.25, 0.3) is 5.92 Å². The molecule has 1 fully saturated rings. The highest BCUT2D eigenvalue weighted by Gasteiger charge is 2.60. The van der Waals surface area contributed by atoms with Crippen molar-refractivity contribution in [3.8, 4) is 0 Å². The number of hydrogen-bond acceptors (Lipinski definition) is 1. The smallest absolute Gasteiger partial charge is 0.260 e. The monoisotopic (exact) mass is 120 g/mol. The van der Waals surface area contributed by atoms with Crippen molar-refractivity contribution in [3.05, 3.63) is 0 Å². The fourth-order valence-electron chi connectivity index (χ4n) is 0.498. The molecule has 1 amide bonds. The molecule has 1 rings (SSSR count). The van der Waals surface area contributed by atoms with Gasteiger partial charge in [0.15, 0.2) is 0 Å². The molecule has 1 unspecified atom stereocenters. The summed E-state index contributed by atoms with van der Waals surface area (Å²) < 4.78 is 23.4. The number of carbonyl (C=O) groups is 1. The Bertz CT molecular complexity index is 134. The van der Waals surface area contributed by atoms with Crippen LogP contribution >= 0.6 is 0 Å². The summed E-state index contributed by atoms with van der Waals surface area (Å²) in [6.45, 7) is 0. The Morgan fingerprint density at radius 2 is 2.12 bits per heavy atom. The fourth-order valence-corrected chi connectivity index (χ4v) is 0.498. The number of halogens is 2. The van der Waals surface area contributed by atoms with Crippen molar-refractivity contribution in [3.63, 3.8) is 0 Å². The van der Waals surface area contributed by atoms with E-state index in [1.54, 1.807) is 0 Å². The maximum absolute atomic E-state index is 11.7. The number of carbonyl (C=O) groups excluding carboxylic acids is 1. The molecule has 0 aromatic rings. The molecule has 2 nitrogen and oxygen atoms in total. The molecule has 1 atom stereocenters. The summed E-state index contributed by atoms with van der Waals surface area (Å²) in [5.74, 6) is -5.28. The van der Waals surface area contributed by atoms with Crippen LogP contribution in [0.2, 0.25) is 0 Å². The van der Waals surface area contributed by atoms with E-state index in [1.807, 2.05) is 0 Å². The van der Waals surface area contributed by atoms with Gasteiger partial charge in [-0.1, -0.05) is 0 Å². The van der Waals surface area contributed by atoms with Crippen LogP contribution in [0.5, 0.6) is 0 Å². The first-order chi connectivity index (χ1) is 3.54. The summed E-state index contributed by atoms with van der Waals surface area (Å²) in [6, 6.07) is 0. The van der Waals surface area contributed by atoms with Crippen LogP contribution in [0.1, 0.15) is 6.42 Å². The number of rotatable bonds is 1. The van der Waals surface area contributed by atoms with Crippen LogP contribution in [-0.2, 0) is 4.79 Å². The van der Waals surface area contributed by atoms with E-state index < -0.39 is 24.2 Å². The molecule has 45 valence electrons. The van der Waals surface area contributed by atoms with E-state index in [0.717, 1.165) is 0 Å². The lowest BCUT2D eigenvalue weighted by Gasteiger charge is -1.86. The molecule has 4 heteroatoms. The van der Waals surface area contributed by atoms with Gasteiger partial charge in [-0.15, -0.1) is 0 Å². The minimum atomic E-state index is -2.85. The first kappa shape index (κ1) is 5.47. The zero-order valence-corrected chi connectivity index (χ0v) is 3.95. The summed E-state index contributed by atoms with van der Waals surface area (Å²) in [4.78, 5) is 9.81. The fraction of sp³-hybridized carbons (Fsp3) is 0.750. The van der Waals surface area contributed by atoms with Gasteiger partial charge in [0.2, 0.25) is 5.91 Å². The van der Waals surface area contributed by atoms with E-state index in [2.05, 4.69) is 0 Å². The van der Waals surface area contributed by atoms with Gasteiger partial charge in [-0.2, -0.15) is 0 Å². The quantitative estimate of drug-likeness (QED) is 0.495. The molecule has 0 aromatic carbocycles. The van der Waals surface area contributed by atoms with Gasteiger partial charge in [0.1, 0.15) is 5.92 Å². The zero-order chi connectivity index (χ0) is 6.36. The molecule has 1 N–H and O–H groups in total. The van der Waals surface area contributed by atoms with Crippen molar-refractivity contribution < 1.29 is 13.6 Å². The predicted octanol–water partition coefficient (Wildman–Crippen LogP) is 0.451. The lowest BCUT2D eigenvalue weighted by molar-refractivity contribution is -0.121. The summed E-state index contributed by atoms with van der Waals surface area (Å²) in [6.07, 6.45) is -0.421. The number of hydrogen-bond donors (Lipinski definition) is 0. The molecule has 1 aliphatic rings. The number of alkyl halides is 2. The van der Waals surface area contributed by atoms with E-state index in [0.29, 0.717) is 0 Å². The molecule has 0 aromatic heterocycles. The maximum Gasteiger partial charge on any atom is 0.260 e. The molecule has 0 saturated heterocycles. The Hall–Kier alpha value is -0.670. The first-order valence-electron chi connectivity index (χ1n) is 2.17. The maximum atomic E-state index is 11.7. The lowest BCUT2D eigenvalue weighted by atomic mass is 10.4. The van der Waals surface area contributed by atoms with Crippen LogP contribution in [-0.4, -0.2) is 11.8 Å². The van der Waals surface area contributed by atoms with Crippen LogP contribution < -0.4 is 5.73 Å². The van der Waals surface area contributed by atoms with Crippen molar-refractivity contribution in [2.24, 2.45) is 5.92 Å². The Labute approximate surface area is 44.7 Å². The van der Waals surface area contributed by atoms with E-state index in [1.165, 1.54) is 0 Å². The van der Waals surface area contributed by atoms with Gasteiger partial charge in [-0.25, -0.2) is 8.78 Å². The van der Waals surface area contributed by atoms with Crippen molar-refractivity contribution in [1.82, 2.24) is 5.73 Å². The third-order valence-electron chi connectivity index (χ3n) is 1.14. The summed E-state index contributed by atoms with van der Waals surface area (Å²) in [7, 11) is 0. The second-order valence-electron chi connectivity index (χ2n) is 1.88. The molecule has 0 aliphatic heterocycles. The number of nitrogens with one attached hydrogen (secondary N) is 1.